The van der Waals surface area contributed by atoms with Crippen LogP contribution < -0.4 is 15.4 Å². The van der Waals surface area contributed by atoms with Crippen LogP contribution in [0.3, 0.4) is 0 Å². The number of benzene rings is 2. The van der Waals surface area contributed by atoms with Gasteiger partial charge in [0.1, 0.15) is 29.7 Å². The molecular formula is C30H26ClF2N7O2. The zero-order valence-corrected chi connectivity index (χ0v) is 23.7. The molecule has 0 radical (unpaired) electrons. The number of aliphatic imine (C=N–C) groups is 1. The summed E-state index contributed by atoms with van der Waals surface area (Å²) in [4.78, 5) is 27.3. The molecule has 12 heteroatoms. The number of aromatic nitrogens is 4. The first-order valence-corrected chi connectivity index (χ1v) is 13.2. The fourth-order valence-corrected chi connectivity index (χ4v) is 4.92. The van der Waals surface area contributed by atoms with Crippen molar-refractivity contribution < 1.29 is 18.3 Å². The van der Waals surface area contributed by atoms with Crippen molar-refractivity contribution in [1.29, 1.82) is 0 Å². The van der Waals surface area contributed by atoms with E-state index in [4.69, 9.17) is 27.1 Å². The second-order valence-corrected chi connectivity index (χ2v) is 9.75. The number of hydrogen-bond acceptors (Lipinski definition) is 7. The number of para-hydroxylation sites is 1. The lowest BCUT2D eigenvalue weighted by Crippen LogP contribution is -2.34. The Balaban J connectivity index is 1.74. The largest absolute Gasteiger partial charge is 0.494 e. The molecule has 0 spiro atoms. The Kier molecular flexibility index (Phi) is 8.12. The van der Waals surface area contributed by atoms with Crippen molar-refractivity contribution in [1.82, 2.24) is 19.7 Å². The lowest BCUT2D eigenvalue weighted by Gasteiger charge is -2.27. The number of carbonyl (C=O) groups excluding carboxylic acids is 1. The third kappa shape index (κ3) is 5.14. The topological polar surface area (TPSA) is 112 Å². The average Bonchev–Trinajstić information content (AvgIpc) is 3.30. The van der Waals surface area contributed by atoms with Gasteiger partial charge >= 0.3 is 0 Å². The number of ether oxygens (including phenoxy) is 1. The van der Waals surface area contributed by atoms with Crippen LogP contribution in [-0.4, -0.2) is 46.0 Å². The van der Waals surface area contributed by atoms with Crippen molar-refractivity contribution in [2.24, 2.45) is 4.99 Å². The summed E-state index contributed by atoms with van der Waals surface area (Å²) in [6.07, 6.45) is 7.71. The normalized spacial score (nSPS) is 14.5. The van der Waals surface area contributed by atoms with Gasteiger partial charge in [-0.2, -0.15) is 9.49 Å². The third-order valence-electron chi connectivity index (χ3n) is 6.87. The molecule has 0 fully saturated rings. The Morgan fingerprint density at radius 1 is 1.19 bits per heavy atom. The minimum absolute atomic E-state index is 0.0366. The van der Waals surface area contributed by atoms with Crippen molar-refractivity contribution in [2.75, 3.05) is 24.8 Å². The van der Waals surface area contributed by atoms with Crippen LogP contribution >= 0.6 is 11.6 Å². The number of rotatable bonds is 7. The van der Waals surface area contributed by atoms with E-state index >= 15 is 4.39 Å². The maximum Gasteiger partial charge on any atom is 0.201 e. The van der Waals surface area contributed by atoms with E-state index in [0.29, 0.717) is 24.2 Å². The highest BCUT2D eigenvalue weighted by Gasteiger charge is 2.28. The minimum Gasteiger partial charge on any atom is -0.494 e. The highest BCUT2D eigenvalue weighted by Crippen LogP contribution is 2.36. The van der Waals surface area contributed by atoms with Gasteiger partial charge in [-0.25, -0.2) is 24.0 Å². The van der Waals surface area contributed by atoms with Gasteiger partial charge in [-0.3, -0.25) is 4.79 Å². The molecule has 5 rings (SSSR count). The van der Waals surface area contributed by atoms with Gasteiger partial charge in [0.15, 0.2) is 23.5 Å². The molecule has 0 amide bonds. The number of nitrogen functional groups attached to an aromatic ring is 1. The van der Waals surface area contributed by atoms with Gasteiger partial charge in [0, 0.05) is 18.3 Å². The van der Waals surface area contributed by atoms with Crippen LogP contribution in [0.4, 0.5) is 20.3 Å². The number of nitrogens with two attached hydrogens (primary N) is 1. The summed E-state index contributed by atoms with van der Waals surface area (Å²) in [5.41, 5.74) is 7.81. The van der Waals surface area contributed by atoms with Crippen LogP contribution in [0.25, 0.3) is 22.3 Å². The SMILES string of the molecule is COc1ccc(-c2nn([C@@H](C)C(=NC3=CCC=CC(Cl)=C3C=O)N(C)c3ccccc3)c3ncnc(N)c23)c(F)c1F. The van der Waals surface area contributed by atoms with E-state index in [9.17, 15) is 9.18 Å². The molecule has 4 aromatic rings. The first kappa shape index (κ1) is 28.6. The van der Waals surface area contributed by atoms with Gasteiger partial charge in [0.25, 0.3) is 0 Å². The van der Waals surface area contributed by atoms with Crippen LogP contribution in [0.1, 0.15) is 19.4 Å². The zero-order valence-electron chi connectivity index (χ0n) is 22.9. The number of allylic oxidation sites excluding steroid dienone is 5. The number of carbonyl (C=O) groups is 1. The molecule has 0 unspecified atom stereocenters. The summed E-state index contributed by atoms with van der Waals surface area (Å²) in [5, 5.41) is 5.18. The first-order chi connectivity index (χ1) is 20.3. The molecule has 1 atom stereocenters. The van der Waals surface area contributed by atoms with E-state index in [-0.39, 0.29) is 44.5 Å². The molecule has 2 heterocycles. The monoisotopic (exact) mass is 589 g/mol. The molecule has 2 N–H and O–H groups in total. The molecule has 9 nitrogen and oxygen atoms in total. The molecule has 2 aromatic heterocycles. The standard InChI is InChI=1S/C30H26ClF2N7O2/c1-17(29(39(2)18-9-5-4-6-10-18)37-22-12-8-7-11-21(31)20(22)15-41)40-30-24(28(34)35-16-36-30)27(38-40)19-13-14-23(42-3)26(33)25(19)32/h4-7,9-17H,8H2,1-3H3,(H2,34,35,36)/t17-/m0/s1. The summed E-state index contributed by atoms with van der Waals surface area (Å²) in [6, 6.07) is 11.4. The summed E-state index contributed by atoms with van der Waals surface area (Å²) >= 11 is 6.39. The molecule has 214 valence electrons. The van der Waals surface area contributed by atoms with E-state index in [1.807, 2.05) is 55.3 Å². The number of likely N-dealkylation sites (N-methyl/N-ethyl adjacent to an activating group) is 1. The second-order valence-electron chi connectivity index (χ2n) is 9.34. The fourth-order valence-electron chi connectivity index (χ4n) is 4.69. The van der Waals surface area contributed by atoms with Crippen molar-refractivity contribution in [3.63, 3.8) is 0 Å². The highest BCUT2D eigenvalue weighted by atomic mass is 35.5. The van der Waals surface area contributed by atoms with Crippen molar-refractivity contribution >= 4 is 46.3 Å². The average molecular weight is 590 g/mol. The minimum atomic E-state index is -1.16. The predicted molar refractivity (Wildman–Crippen MR) is 159 cm³/mol. The molecule has 0 saturated carbocycles. The van der Waals surface area contributed by atoms with Gasteiger partial charge in [0.05, 0.1) is 28.8 Å². The predicted octanol–water partition coefficient (Wildman–Crippen LogP) is 5.99. The molecule has 0 bridgehead atoms. The Morgan fingerprint density at radius 2 is 1.95 bits per heavy atom. The molecular weight excluding hydrogens is 564 g/mol. The molecule has 2 aromatic carbocycles. The molecule has 0 saturated heterocycles. The maximum absolute atomic E-state index is 15.3. The van der Waals surface area contributed by atoms with E-state index in [1.54, 1.807) is 12.2 Å². The van der Waals surface area contributed by atoms with Gasteiger partial charge in [-0.05, 0) is 43.7 Å². The number of methoxy groups -OCH3 is 1. The third-order valence-corrected chi connectivity index (χ3v) is 7.19. The van der Waals surface area contributed by atoms with E-state index < -0.39 is 17.7 Å². The Hall–Kier alpha value is -4.90. The van der Waals surface area contributed by atoms with Gasteiger partial charge < -0.3 is 15.4 Å². The number of amidine groups is 1. The van der Waals surface area contributed by atoms with Crippen LogP contribution in [0.5, 0.6) is 5.75 Å². The quantitative estimate of drug-likeness (QED) is 0.160. The molecule has 1 aliphatic carbocycles. The number of halogens is 3. The smallest absolute Gasteiger partial charge is 0.201 e. The summed E-state index contributed by atoms with van der Waals surface area (Å²) in [7, 11) is 3.07. The maximum atomic E-state index is 15.3. The highest BCUT2D eigenvalue weighted by molar-refractivity contribution is 6.33. The number of fused-ring (bicyclic) bond motifs is 1. The van der Waals surface area contributed by atoms with Crippen LogP contribution in [0.2, 0.25) is 0 Å². The summed E-state index contributed by atoms with van der Waals surface area (Å²) in [5.74, 6) is -2.08. The van der Waals surface area contributed by atoms with Crippen LogP contribution in [-0.2, 0) is 4.79 Å². The van der Waals surface area contributed by atoms with Gasteiger partial charge in [-0.1, -0.05) is 42.0 Å². The molecule has 42 heavy (non-hydrogen) atoms. The number of aldehydes is 1. The second kappa shape index (κ2) is 11.9. The van der Waals surface area contributed by atoms with Crippen LogP contribution in [0, 0.1) is 11.6 Å². The number of hydrogen-bond donors (Lipinski definition) is 1. The summed E-state index contributed by atoms with van der Waals surface area (Å²) in [6.45, 7) is 1.82. The summed E-state index contributed by atoms with van der Waals surface area (Å²) < 4.78 is 36.5. The Bertz CT molecular complexity index is 1800. The van der Waals surface area contributed by atoms with E-state index in [0.717, 1.165) is 5.69 Å². The van der Waals surface area contributed by atoms with Crippen molar-refractivity contribution in [2.45, 2.75) is 19.4 Å². The van der Waals surface area contributed by atoms with E-state index in [1.165, 1.54) is 30.3 Å². The lowest BCUT2D eigenvalue weighted by molar-refractivity contribution is -0.104. The Labute approximate surface area is 245 Å². The molecule has 1 aliphatic rings. The number of anilines is 2. The van der Waals surface area contributed by atoms with Crippen molar-refractivity contribution in [3.8, 4) is 17.0 Å². The zero-order chi connectivity index (χ0) is 30.0. The first-order valence-electron chi connectivity index (χ1n) is 12.9. The van der Waals surface area contributed by atoms with Crippen molar-refractivity contribution in [3.05, 3.63) is 95.0 Å². The number of nitrogens with zero attached hydrogens (tertiary/aromatic N) is 6. The van der Waals surface area contributed by atoms with E-state index in [2.05, 4.69) is 15.1 Å². The fraction of sp³-hybridized carbons (Fsp3) is 0.167. The van der Waals surface area contributed by atoms with Gasteiger partial charge in [0.2, 0.25) is 5.82 Å². The lowest BCUT2D eigenvalue weighted by atomic mass is 10.1. The Morgan fingerprint density at radius 3 is 2.67 bits per heavy atom. The van der Waals surface area contributed by atoms with Crippen LogP contribution in [0.15, 0.2) is 88.3 Å². The molecule has 0 aliphatic heterocycles. The van der Waals surface area contributed by atoms with Gasteiger partial charge in [-0.15, -0.1) is 0 Å².